The van der Waals surface area contributed by atoms with Crippen LogP contribution in [0.5, 0.6) is 0 Å². The molecule has 21 heavy (non-hydrogen) atoms. The van der Waals surface area contributed by atoms with Crippen LogP contribution < -0.4 is 5.32 Å². The van der Waals surface area contributed by atoms with Crippen LogP contribution in [0.15, 0.2) is 47.3 Å². The number of pyridine rings is 1. The van der Waals surface area contributed by atoms with E-state index in [0.29, 0.717) is 6.04 Å². The third kappa shape index (κ3) is 3.93. The molecule has 112 valence electrons. The van der Waals surface area contributed by atoms with E-state index in [2.05, 4.69) is 33.4 Å². The average molecular weight is 285 g/mol. The number of likely N-dealkylation sites (tertiary alicyclic amines) is 1. The molecule has 2 aromatic rings. The van der Waals surface area contributed by atoms with E-state index in [9.17, 15) is 0 Å². The molecule has 1 N–H and O–H groups in total. The first-order valence-corrected chi connectivity index (χ1v) is 7.80. The number of rotatable bonds is 6. The van der Waals surface area contributed by atoms with Crippen molar-refractivity contribution in [2.75, 3.05) is 19.6 Å². The first-order chi connectivity index (χ1) is 10.4. The highest BCUT2D eigenvalue weighted by atomic mass is 16.3. The minimum Gasteiger partial charge on any atom is -0.468 e. The van der Waals surface area contributed by atoms with Gasteiger partial charge in [-0.2, -0.15) is 0 Å². The molecule has 1 aliphatic rings. The summed E-state index contributed by atoms with van der Waals surface area (Å²) in [6, 6.07) is 8.51. The number of hydrogen-bond donors (Lipinski definition) is 1. The summed E-state index contributed by atoms with van der Waals surface area (Å²) in [6.45, 7) is 4.12. The molecule has 1 fully saturated rings. The molecule has 0 aromatic carbocycles. The highest BCUT2D eigenvalue weighted by Crippen LogP contribution is 2.24. The van der Waals surface area contributed by atoms with Crippen LogP contribution in [-0.2, 0) is 6.54 Å². The van der Waals surface area contributed by atoms with Gasteiger partial charge in [-0.05, 0) is 55.8 Å². The van der Waals surface area contributed by atoms with Crippen molar-refractivity contribution in [2.24, 2.45) is 0 Å². The fourth-order valence-corrected chi connectivity index (χ4v) is 2.97. The molecule has 0 radical (unpaired) electrons. The maximum absolute atomic E-state index is 5.66. The number of furan rings is 1. The van der Waals surface area contributed by atoms with Crippen LogP contribution in [0.1, 0.15) is 36.6 Å². The third-order valence-corrected chi connectivity index (χ3v) is 4.12. The third-order valence-electron chi connectivity index (χ3n) is 4.12. The van der Waals surface area contributed by atoms with E-state index in [-0.39, 0.29) is 0 Å². The van der Waals surface area contributed by atoms with Crippen LogP contribution in [0.3, 0.4) is 0 Å². The SMILES string of the molecule is c1coc(C(CNCc2ccncc2)N2CCCCC2)c1. The van der Waals surface area contributed by atoms with Crippen molar-refractivity contribution < 1.29 is 4.42 Å². The van der Waals surface area contributed by atoms with E-state index in [1.165, 1.54) is 37.9 Å². The Morgan fingerprint density at radius 2 is 1.95 bits per heavy atom. The molecule has 1 atom stereocenters. The molecule has 0 bridgehead atoms. The summed E-state index contributed by atoms with van der Waals surface area (Å²) in [5.74, 6) is 1.07. The van der Waals surface area contributed by atoms with Gasteiger partial charge in [0, 0.05) is 25.5 Å². The molecule has 4 nitrogen and oxygen atoms in total. The summed E-state index contributed by atoms with van der Waals surface area (Å²) in [5, 5.41) is 3.56. The molecule has 4 heteroatoms. The van der Waals surface area contributed by atoms with Gasteiger partial charge in [-0.1, -0.05) is 6.42 Å². The first kappa shape index (κ1) is 14.3. The van der Waals surface area contributed by atoms with Crippen LogP contribution >= 0.6 is 0 Å². The molecule has 1 unspecified atom stereocenters. The minimum atomic E-state index is 0.335. The van der Waals surface area contributed by atoms with Gasteiger partial charge in [0.2, 0.25) is 0 Å². The Morgan fingerprint density at radius 3 is 2.67 bits per heavy atom. The zero-order valence-corrected chi connectivity index (χ0v) is 12.4. The van der Waals surface area contributed by atoms with Gasteiger partial charge in [0.1, 0.15) is 5.76 Å². The lowest BCUT2D eigenvalue weighted by atomic mass is 10.1. The number of nitrogens with zero attached hydrogens (tertiary/aromatic N) is 2. The summed E-state index contributed by atoms with van der Waals surface area (Å²) in [4.78, 5) is 6.60. The first-order valence-electron chi connectivity index (χ1n) is 7.80. The van der Waals surface area contributed by atoms with E-state index in [4.69, 9.17) is 4.42 Å². The maximum Gasteiger partial charge on any atom is 0.122 e. The second-order valence-electron chi connectivity index (χ2n) is 5.61. The smallest absolute Gasteiger partial charge is 0.122 e. The van der Waals surface area contributed by atoms with Gasteiger partial charge in [0.15, 0.2) is 0 Å². The quantitative estimate of drug-likeness (QED) is 0.886. The normalized spacial score (nSPS) is 17.7. The largest absolute Gasteiger partial charge is 0.468 e. The standard InChI is InChI=1S/C17H23N3O/c1-2-10-20(11-3-1)16(17-5-4-12-21-17)14-19-13-15-6-8-18-9-7-15/h4-9,12,16,19H,1-3,10-11,13-14H2. The van der Waals surface area contributed by atoms with Crippen LogP contribution in [-0.4, -0.2) is 29.5 Å². The predicted molar refractivity (Wildman–Crippen MR) is 82.8 cm³/mol. The van der Waals surface area contributed by atoms with Gasteiger partial charge in [-0.15, -0.1) is 0 Å². The molecule has 1 saturated heterocycles. The van der Waals surface area contributed by atoms with E-state index >= 15 is 0 Å². The van der Waals surface area contributed by atoms with Crippen molar-refractivity contribution in [2.45, 2.75) is 31.8 Å². The zero-order valence-electron chi connectivity index (χ0n) is 12.4. The monoisotopic (exact) mass is 285 g/mol. The Morgan fingerprint density at radius 1 is 1.14 bits per heavy atom. The summed E-state index contributed by atoms with van der Waals surface area (Å²) in [5.41, 5.74) is 1.27. The summed E-state index contributed by atoms with van der Waals surface area (Å²) < 4.78 is 5.66. The Balaban J connectivity index is 1.59. The van der Waals surface area contributed by atoms with Gasteiger partial charge >= 0.3 is 0 Å². The van der Waals surface area contributed by atoms with Gasteiger partial charge in [0.05, 0.1) is 12.3 Å². The number of hydrogen-bond acceptors (Lipinski definition) is 4. The minimum absolute atomic E-state index is 0.335. The molecule has 3 rings (SSSR count). The summed E-state index contributed by atoms with van der Waals surface area (Å²) in [7, 11) is 0. The predicted octanol–water partition coefficient (Wildman–Crippen LogP) is 2.99. The molecule has 1 aliphatic heterocycles. The zero-order chi connectivity index (χ0) is 14.3. The Kier molecular flexibility index (Phi) is 5.03. The fraction of sp³-hybridized carbons (Fsp3) is 0.471. The fourth-order valence-electron chi connectivity index (χ4n) is 2.97. The van der Waals surface area contributed by atoms with E-state index < -0.39 is 0 Å². The Labute approximate surface area is 126 Å². The van der Waals surface area contributed by atoms with Crippen molar-refractivity contribution in [3.8, 4) is 0 Å². The Hall–Kier alpha value is -1.65. The van der Waals surface area contributed by atoms with Gasteiger partial charge < -0.3 is 9.73 Å². The molecule has 0 aliphatic carbocycles. The molecule has 0 amide bonds. The van der Waals surface area contributed by atoms with Gasteiger partial charge in [-0.3, -0.25) is 9.88 Å². The average Bonchev–Trinajstić information content (AvgIpc) is 3.07. The second kappa shape index (κ2) is 7.38. The summed E-state index contributed by atoms with van der Waals surface area (Å²) in [6.07, 6.45) is 9.39. The Bertz CT molecular complexity index is 506. The number of piperidine rings is 1. The molecule has 3 heterocycles. The lowest BCUT2D eigenvalue weighted by Gasteiger charge is -2.33. The molecule has 2 aromatic heterocycles. The van der Waals surface area contributed by atoms with Gasteiger partial charge in [0.25, 0.3) is 0 Å². The molecule has 0 spiro atoms. The molecular formula is C17H23N3O. The van der Waals surface area contributed by atoms with E-state index in [0.717, 1.165) is 18.8 Å². The lowest BCUT2D eigenvalue weighted by molar-refractivity contribution is 0.142. The lowest BCUT2D eigenvalue weighted by Crippen LogP contribution is -2.38. The van der Waals surface area contributed by atoms with Crippen molar-refractivity contribution in [3.63, 3.8) is 0 Å². The summed E-state index contributed by atoms with van der Waals surface area (Å²) >= 11 is 0. The van der Waals surface area contributed by atoms with Crippen LogP contribution in [0.4, 0.5) is 0 Å². The van der Waals surface area contributed by atoms with Crippen LogP contribution in [0, 0.1) is 0 Å². The van der Waals surface area contributed by atoms with Gasteiger partial charge in [-0.25, -0.2) is 0 Å². The maximum atomic E-state index is 5.66. The highest BCUT2D eigenvalue weighted by Gasteiger charge is 2.23. The van der Waals surface area contributed by atoms with Crippen LogP contribution in [0.25, 0.3) is 0 Å². The van der Waals surface area contributed by atoms with Crippen molar-refractivity contribution >= 4 is 0 Å². The van der Waals surface area contributed by atoms with Crippen molar-refractivity contribution in [3.05, 3.63) is 54.2 Å². The molecular weight excluding hydrogens is 262 g/mol. The molecule has 0 saturated carbocycles. The number of aromatic nitrogens is 1. The second-order valence-corrected chi connectivity index (χ2v) is 5.61. The number of nitrogens with one attached hydrogen (secondary N) is 1. The van der Waals surface area contributed by atoms with E-state index in [1.807, 2.05) is 18.5 Å². The highest BCUT2D eigenvalue weighted by molar-refractivity contribution is 5.10. The van der Waals surface area contributed by atoms with Crippen molar-refractivity contribution in [1.82, 2.24) is 15.2 Å². The van der Waals surface area contributed by atoms with Crippen molar-refractivity contribution in [1.29, 1.82) is 0 Å². The van der Waals surface area contributed by atoms with Crippen LogP contribution in [0.2, 0.25) is 0 Å². The van der Waals surface area contributed by atoms with E-state index in [1.54, 1.807) is 6.26 Å². The topological polar surface area (TPSA) is 41.3 Å².